The molecule has 2 rings (SSSR count). The van der Waals surface area contributed by atoms with Gasteiger partial charge in [0.1, 0.15) is 11.5 Å². The molecule has 1 N–H and O–H groups in total. The molecule has 0 fully saturated rings. The van der Waals surface area contributed by atoms with Gasteiger partial charge in [-0.05, 0) is 12.0 Å². The zero-order chi connectivity index (χ0) is 12.7. The van der Waals surface area contributed by atoms with Gasteiger partial charge in [0, 0.05) is 25.9 Å². The summed E-state index contributed by atoms with van der Waals surface area (Å²) in [6.07, 6.45) is 0. The maximum absolute atomic E-state index is 11.1. The van der Waals surface area contributed by atoms with Crippen molar-refractivity contribution < 1.29 is 9.90 Å². The summed E-state index contributed by atoms with van der Waals surface area (Å²) in [7, 11) is 3.84. The lowest BCUT2D eigenvalue weighted by molar-refractivity contribution is 0.0686. The molecule has 5 heteroatoms. The van der Waals surface area contributed by atoms with Crippen LogP contribution >= 0.6 is 11.8 Å². The number of thioether (sulfide) groups is 1. The Balaban J connectivity index is 2.42. The van der Waals surface area contributed by atoms with Crippen molar-refractivity contribution in [3.63, 3.8) is 0 Å². The predicted molar refractivity (Wildman–Crippen MR) is 70.1 cm³/mol. The van der Waals surface area contributed by atoms with E-state index in [0.717, 1.165) is 17.3 Å². The molecule has 4 nitrogen and oxygen atoms in total. The molecule has 1 unspecified atom stereocenters. The summed E-state index contributed by atoms with van der Waals surface area (Å²) in [5, 5.41) is 9.65. The molecule has 0 bridgehead atoms. The minimum Gasteiger partial charge on any atom is -0.477 e. The molecule has 1 atom stereocenters. The van der Waals surface area contributed by atoms with Crippen LogP contribution in [-0.2, 0) is 7.05 Å². The van der Waals surface area contributed by atoms with Crippen molar-refractivity contribution in [2.75, 3.05) is 18.5 Å². The molecule has 0 spiro atoms. The Morgan fingerprint density at radius 3 is 2.71 bits per heavy atom. The quantitative estimate of drug-likeness (QED) is 0.879. The van der Waals surface area contributed by atoms with Gasteiger partial charge in [-0.15, -0.1) is 11.8 Å². The van der Waals surface area contributed by atoms with E-state index in [2.05, 4.69) is 18.7 Å². The first-order chi connectivity index (χ1) is 7.91. The largest absolute Gasteiger partial charge is 0.477 e. The maximum Gasteiger partial charge on any atom is 0.352 e. The summed E-state index contributed by atoms with van der Waals surface area (Å²) in [5.74, 6) is 0.741. The highest BCUT2D eigenvalue weighted by molar-refractivity contribution is 8.00. The molecular weight excluding hydrogens is 236 g/mol. The molecular formula is C12H18N2O2S. The molecule has 17 heavy (non-hydrogen) atoms. The zero-order valence-electron chi connectivity index (χ0n) is 10.6. The van der Waals surface area contributed by atoms with Gasteiger partial charge in [0.05, 0.1) is 4.90 Å². The fourth-order valence-electron chi connectivity index (χ4n) is 2.20. The van der Waals surface area contributed by atoms with Gasteiger partial charge in [-0.1, -0.05) is 13.8 Å². The molecule has 0 amide bonds. The van der Waals surface area contributed by atoms with Gasteiger partial charge in [-0.2, -0.15) is 0 Å². The van der Waals surface area contributed by atoms with Crippen molar-refractivity contribution in [1.82, 2.24) is 4.57 Å². The van der Waals surface area contributed by atoms with Gasteiger partial charge in [-0.3, -0.25) is 0 Å². The molecule has 0 aromatic carbocycles. The molecule has 1 aromatic rings. The van der Waals surface area contributed by atoms with Crippen LogP contribution in [-0.4, -0.2) is 34.5 Å². The second kappa shape index (κ2) is 4.29. The highest BCUT2D eigenvalue weighted by Gasteiger charge is 2.29. The number of carbonyl (C=O) groups is 1. The number of hydrogen-bond acceptors (Lipinski definition) is 3. The van der Waals surface area contributed by atoms with E-state index >= 15 is 0 Å². The van der Waals surface area contributed by atoms with Crippen molar-refractivity contribution in [3.8, 4) is 0 Å². The van der Waals surface area contributed by atoms with E-state index in [9.17, 15) is 4.79 Å². The van der Waals surface area contributed by atoms with E-state index in [1.54, 1.807) is 22.4 Å². The average molecular weight is 254 g/mol. The number of rotatable bonds is 2. The van der Waals surface area contributed by atoms with Gasteiger partial charge in [0.25, 0.3) is 0 Å². The molecule has 0 saturated carbocycles. The molecule has 0 saturated heterocycles. The van der Waals surface area contributed by atoms with Crippen molar-refractivity contribution in [3.05, 3.63) is 11.8 Å². The lowest BCUT2D eigenvalue weighted by Crippen LogP contribution is -2.35. The third-order valence-electron chi connectivity index (χ3n) is 3.22. The van der Waals surface area contributed by atoms with E-state index in [-0.39, 0.29) is 0 Å². The van der Waals surface area contributed by atoms with Crippen LogP contribution in [0.3, 0.4) is 0 Å². The molecule has 0 aliphatic carbocycles. The Morgan fingerprint density at radius 1 is 1.53 bits per heavy atom. The van der Waals surface area contributed by atoms with Crippen LogP contribution in [0.4, 0.5) is 5.82 Å². The summed E-state index contributed by atoms with van der Waals surface area (Å²) in [5.41, 5.74) is 0.360. The topological polar surface area (TPSA) is 45.5 Å². The van der Waals surface area contributed by atoms with E-state index in [4.69, 9.17) is 5.11 Å². The van der Waals surface area contributed by atoms with Crippen LogP contribution in [0.5, 0.6) is 0 Å². The summed E-state index contributed by atoms with van der Waals surface area (Å²) in [4.78, 5) is 14.3. The normalized spacial score (nSPS) is 19.6. The maximum atomic E-state index is 11.1. The Bertz CT molecular complexity index is 454. The number of nitrogens with zero attached hydrogens (tertiary/aromatic N) is 2. The van der Waals surface area contributed by atoms with E-state index < -0.39 is 5.97 Å². The van der Waals surface area contributed by atoms with Gasteiger partial charge < -0.3 is 14.6 Å². The van der Waals surface area contributed by atoms with Crippen molar-refractivity contribution >= 4 is 23.5 Å². The molecule has 2 heterocycles. The monoisotopic (exact) mass is 254 g/mol. The number of carboxylic acid groups (broad SMARTS) is 1. The number of fused-ring (bicyclic) bond motifs is 1. The van der Waals surface area contributed by atoms with E-state index in [1.165, 1.54) is 0 Å². The molecule has 1 aliphatic rings. The van der Waals surface area contributed by atoms with Gasteiger partial charge >= 0.3 is 5.97 Å². The standard InChI is InChI=1S/C12H18N2O2S/c1-7(2)10-6-13(3)11-9(17-10)5-8(12(15)16)14(11)4/h5,7,10H,6H2,1-4H3,(H,15,16). The first-order valence-corrected chi connectivity index (χ1v) is 6.60. The minimum absolute atomic E-state index is 0.360. The van der Waals surface area contributed by atoms with E-state index in [0.29, 0.717) is 16.9 Å². The summed E-state index contributed by atoms with van der Waals surface area (Å²) >= 11 is 1.80. The fourth-order valence-corrected chi connectivity index (χ4v) is 3.68. The Labute approximate surface area is 106 Å². The molecule has 1 aromatic heterocycles. The molecule has 94 valence electrons. The number of hydrogen-bond donors (Lipinski definition) is 1. The first-order valence-electron chi connectivity index (χ1n) is 5.72. The van der Waals surface area contributed by atoms with Gasteiger partial charge in [0.2, 0.25) is 0 Å². The molecule has 0 radical (unpaired) electrons. The number of aromatic nitrogens is 1. The molecule has 1 aliphatic heterocycles. The van der Waals surface area contributed by atoms with Crippen LogP contribution in [0.15, 0.2) is 11.0 Å². The second-order valence-corrected chi connectivity index (χ2v) is 6.14. The average Bonchev–Trinajstić information content (AvgIpc) is 2.56. The Kier molecular flexibility index (Phi) is 3.12. The van der Waals surface area contributed by atoms with Gasteiger partial charge in [0.15, 0.2) is 0 Å². The van der Waals surface area contributed by atoms with Crippen LogP contribution in [0.1, 0.15) is 24.3 Å². The van der Waals surface area contributed by atoms with Crippen molar-refractivity contribution in [2.24, 2.45) is 13.0 Å². The van der Waals surface area contributed by atoms with Crippen LogP contribution in [0.2, 0.25) is 0 Å². The predicted octanol–water partition coefficient (Wildman–Crippen LogP) is 2.29. The second-order valence-electron chi connectivity index (χ2n) is 4.86. The lowest BCUT2D eigenvalue weighted by atomic mass is 10.1. The van der Waals surface area contributed by atoms with E-state index in [1.807, 2.05) is 14.1 Å². The Hall–Kier alpha value is -1.10. The number of aromatic carboxylic acids is 1. The lowest BCUT2D eigenvalue weighted by Gasteiger charge is -2.33. The number of anilines is 1. The van der Waals surface area contributed by atoms with Crippen LogP contribution in [0.25, 0.3) is 0 Å². The fraction of sp³-hybridized carbons (Fsp3) is 0.583. The highest BCUT2D eigenvalue weighted by atomic mass is 32.2. The summed E-state index contributed by atoms with van der Waals surface area (Å²) in [6.45, 7) is 5.38. The summed E-state index contributed by atoms with van der Waals surface area (Å²) < 4.78 is 1.77. The third-order valence-corrected chi connectivity index (χ3v) is 4.77. The van der Waals surface area contributed by atoms with Crippen molar-refractivity contribution in [2.45, 2.75) is 24.0 Å². The van der Waals surface area contributed by atoms with Gasteiger partial charge in [-0.25, -0.2) is 4.79 Å². The third kappa shape index (κ3) is 2.04. The first kappa shape index (κ1) is 12.4. The van der Waals surface area contributed by atoms with Crippen LogP contribution < -0.4 is 4.90 Å². The SMILES string of the molecule is CC(C)C1CN(C)c2c(cc(C(=O)O)n2C)S1. The van der Waals surface area contributed by atoms with Crippen LogP contribution in [0, 0.1) is 5.92 Å². The Morgan fingerprint density at radius 2 is 2.18 bits per heavy atom. The van der Waals surface area contributed by atoms with Crippen molar-refractivity contribution in [1.29, 1.82) is 0 Å². The highest BCUT2D eigenvalue weighted by Crippen LogP contribution is 2.41. The zero-order valence-corrected chi connectivity index (χ0v) is 11.4. The summed E-state index contributed by atoms with van der Waals surface area (Å²) in [6, 6.07) is 1.79. The number of carboxylic acids is 1. The minimum atomic E-state index is -0.864. The smallest absolute Gasteiger partial charge is 0.352 e.